The number of carbonyl (C=O) groups is 1. The molecule has 0 rings (SSSR count). The van der Waals surface area contributed by atoms with Gasteiger partial charge in [-0.3, -0.25) is 0 Å². The summed E-state index contributed by atoms with van der Waals surface area (Å²) in [6.45, 7) is 7.73. The van der Waals surface area contributed by atoms with Crippen LogP contribution in [0.15, 0.2) is 12.2 Å². The van der Waals surface area contributed by atoms with Crippen molar-refractivity contribution in [3.05, 3.63) is 12.2 Å². The molecule has 0 aliphatic carbocycles. The van der Waals surface area contributed by atoms with Crippen molar-refractivity contribution in [2.45, 2.75) is 20.0 Å². The molecule has 0 bridgehead atoms. The topological polar surface area (TPSA) is 65.0 Å². The first kappa shape index (κ1) is 17.5. The average Bonchev–Trinajstić information content (AvgIpc) is 2.27. The highest BCUT2D eigenvalue weighted by Gasteiger charge is 2.05. The summed E-state index contributed by atoms with van der Waals surface area (Å²) in [5.74, 6) is -0.367. The van der Waals surface area contributed by atoms with Gasteiger partial charge in [0.2, 0.25) is 0 Å². The summed E-state index contributed by atoms with van der Waals surface area (Å²) in [6.07, 6.45) is -0.0571. The molecule has 0 spiro atoms. The Kier molecular flexibility index (Phi) is 13.3. The van der Waals surface area contributed by atoms with Gasteiger partial charge in [-0.2, -0.15) is 0 Å². The molecule has 0 aromatic heterocycles. The van der Waals surface area contributed by atoms with Crippen molar-refractivity contribution >= 4 is 5.97 Å². The van der Waals surface area contributed by atoms with Crippen LogP contribution in [0.2, 0.25) is 0 Å². The van der Waals surface area contributed by atoms with E-state index in [0.29, 0.717) is 12.2 Å². The lowest BCUT2D eigenvalue weighted by Gasteiger charge is -2.09. The fourth-order valence-corrected chi connectivity index (χ4v) is 0.476. The summed E-state index contributed by atoms with van der Waals surface area (Å²) < 4.78 is 14.1. The van der Waals surface area contributed by atoms with Gasteiger partial charge in [0.1, 0.15) is 6.61 Å². The van der Waals surface area contributed by atoms with Crippen LogP contribution in [0.25, 0.3) is 0 Å². The standard InChI is InChI=1S/C8H14O3.C3H8O2/c1-6(2)8(9)11-5-7(3)10-4;1-5-3-2-4/h7H,1,5H2,2-4H3;4H,2-3H2,1H3. The van der Waals surface area contributed by atoms with E-state index >= 15 is 0 Å². The van der Waals surface area contributed by atoms with Crippen LogP contribution in [0.1, 0.15) is 13.8 Å². The van der Waals surface area contributed by atoms with Crippen molar-refractivity contribution in [2.75, 3.05) is 34.0 Å². The van der Waals surface area contributed by atoms with Gasteiger partial charge in [0.15, 0.2) is 0 Å². The molecule has 1 N–H and O–H groups in total. The lowest BCUT2D eigenvalue weighted by atomic mass is 10.3. The molecule has 0 radical (unpaired) electrons. The minimum absolute atomic E-state index is 0.0571. The molecule has 1 atom stereocenters. The molecule has 16 heavy (non-hydrogen) atoms. The highest BCUT2D eigenvalue weighted by atomic mass is 16.6. The Morgan fingerprint density at radius 1 is 1.44 bits per heavy atom. The average molecular weight is 234 g/mol. The van der Waals surface area contributed by atoms with Gasteiger partial charge in [0.25, 0.3) is 0 Å². The van der Waals surface area contributed by atoms with Gasteiger partial charge in [-0.15, -0.1) is 0 Å². The summed E-state index contributed by atoms with van der Waals surface area (Å²) in [6, 6.07) is 0. The maximum atomic E-state index is 10.8. The normalized spacial score (nSPS) is 11.1. The van der Waals surface area contributed by atoms with Gasteiger partial charge in [-0.05, 0) is 13.8 Å². The minimum atomic E-state index is -0.367. The van der Waals surface area contributed by atoms with Gasteiger partial charge in [0.05, 0.1) is 19.3 Å². The zero-order valence-corrected chi connectivity index (χ0v) is 10.5. The largest absolute Gasteiger partial charge is 0.460 e. The van der Waals surface area contributed by atoms with Crippen LogP contribution in [0, 0.1) is 0 Å². The van der Waals surface area contributed by atoms with Crippen molar-refractivity contribution in [2.24, 2.45) is 0 Å². The van der Waals surface area contributed by atoms with Gasteiger partial charge >= 0.3 is 5.97 Å². The number of hydrogen-bond acceptors (Lipinski definition) is 5. The maximum absolute atomic E-state index is 10.8. The molecule has 5 heteroatoms. The quantitative estimate of drug-likeness (QED) is 0.543. The number of ether oxygens (including phenoxy) is 3. The highest BCUT2D eigenvalue weighted by molar-refractivity contribution is 5.86. The highest BCUT2D eigenvalue weighted by Crippen LogP contribution is 1.95. The Bertz CT molecular complexity index is 189. The van der Waals surface area contributed by atoms with E-state index in [1.165, 1.54) is 0 Å². The van der Waals surface area contributed by atoms with E-state index in [-0.39, 0.29) is 25.3 Å². The number of aliphatic hydroxyl groups is 1. The number of esters is 1. The Morgan fingerprint density at radius 2 is 2.00 bits per heavy atom. The Labute approximate surface area is 97.0 Å². The van der Waals surface area contributed by atoms with Gasteiger partial charge in [0, 0.05) is 19.8 Å². The second-order valence-corrected chi connectivity index (χ2v) is 3.14. The molecule has 1 unspecified atom stereocenters. The van der Waals surface area contributed by atoms with Crippen LogP contribution in [0.5, 0.6) is 0 Å². The van der Waals surface area contributed by atoms with Gasteiger partial charge in [-0.1, -0.05) is 6.58 Å². The van der Waals surface area contributed by atoms with Crippen LogP contribution >= 0.6 is 0 Å². The summed E-state index contributed by atoms with van der Waals surface area (Å²) in [5.41, 5.74) is 0.410. The minimum Gasteiger partial charge on any atom is -0.460 e. The zero-order chi connectivity index (χ0) is 13.0. The van der Waals surface area contributed by atoms with E-state index in [1.54, 1.807) is 21.1 Å². The molecule has 0 fully saturated rings. The van der Waals surface area contributed by atoms with Gasteiger partial charge < -0.3 is 19.3 Å². The van der Waals surface area contributed by atoms with Crippen molar-refractivity contribution in [3.8, 4) is 0 Å². The number of carbonyl (C=O) groups excluding carboxylic acids is 1. The first-order chi connectivity index (χ1) is 7.49. The lowest BCUT2D eigenvalue weighted by molar-refractivity contribution is -0.142. The second-order valence-electron chi connectivity index (χ2n) is 3.14. The van der Waals surface area contributed by atoms with Crippen LogP contribution in [-0.2, 0) is 19.0 Å². The van der Waals surface area contributed by atoms with Crippen molar-refractivity contribution < 1.29 is 24.1 Å². The molecule has 96 valence electrons. The fraction of sp³-hybridized carbons (Fsp3) is 0.727. The first-order valence-electron chi connectivity index (χ1n) is 4.94. The van der Waals surface area contributed by atoms with Crippen LogP contribution in [0.4, 0.5) is 0 Å². The van der Waals surface area contributed by atoms with Crippen LogP contribution < -0.4 is 0 Å². The van der Waals surface area contributed by atoms with E-state index in [2.05, 4.69) is 11.3 Å². The summed E-state index contributed by atoms with van der Waals surface area (Å²) in [7, 11) is 3.12. The molecule has 5 nitrogen and oxygen atoms in total. The third-order valence-corrected chi connectivity index (χ3v) is 1.50. The predicted molar refractivity (Wildman–Crippen MR) is 61.2 cm³/mol. The van der Waals surface area contributed by atoms with Crippen molar-refractivity contribution in [1.82, 2.24) is 0 Å². The number of hydrogen-bond donors (Lipinski definition) is 1. The first-order valence-corrected chi connectivity index (χ1v) is 4.94. The van der Waals surface area contributed by atoms with E-state index in [0.717, 1.165) is 0 Å². The van der Waals surface area contributed by atoms with Crippen LogP contribution in [-0.4, -0.2) is 51.2 Å². The Hall–Kier alpha value is -0.910. The van der Waals surface area contributed by atoms with E-state index in [1.807, 2.05) is 6.92 Å². The number of methoxy groups -OCH3 is 2. The smallest absolute Gasteiger partial charge is 0.333 e. The van der Waals surface area contributed by atoms with Crippen molar-refractivity contribution in [1.29, 1.82) is 0 Å². The van der Waals surface area contributed by atoms with E-state index in [9.17, 15) is 4.79 Å². The number of aliphatic hydroxyl groups excluding tert-OH is 1. The maximum Gasteiger partial charge on any atom is 0.333 e. The fourth-order valence-electron chi connectivity index (χ4n) is 0.476. The molecule has 0 aliphatic rings. The summed E-state index contributed by atoms with van der Waals surface area (Å²) in [5, 5.41) is 7.94. The Balaban J connectivity index is 0. The summed E-state index contributed by atoms with van der Waals surface area (Å²) in [4.78, 5) is 10.8. The Morgan fingerprint density at radius 3 is 2.25 bits per heavy atom. The van der Waals surface area contributed by atoms with Gasteiger partial charge in [-0.25, -0.2) is 4.79 Å². The van der Waals surface area contributed by atoms with Crippen LogP contribution in [0.3, 0.4) is 0 Å². The zero-order valence-electron chi connectivity index (χ0n) is 10.5. The summed E-state index contributed by atoms with van der Waals surface area (Å²) >= 11 is 0. The molecule has 0 aromatic rings. The lowest BCUT2D eigenvalue weighted by Crippen LogP contribution is -2.17. The molecule has 0 amide bonds. The molecular weight excluding hydrogens is 212 g/mol. The van der Waals surface area contributed by atoms with Crippen molar-refractivity contribution in [3.63, 3.8) is 0 Å². The second kappa shape index (κ2) is 12.2. The molecule has 0 saturated heterocycles. The molecule has 0 saturated carbocycles. The SMILES string of the molecule is C=C(C)C(=O)OCC(C)OC.COCCO. The number of rotatable bonds is 6. The molecular formula is C11H22O5. The predicted octanol–water partition coefficient (Wildman–Crippen LogP) is 0.766. The molecule has 0 heterocycles. The molecule has 0 aliphatic heterocycles. The van der Waals surface area contributed by atoms with E-state index < -0.39 is 0 Å². The third-order valence-electron chi connectivity index (χ3n) is 1.50. The monoisotopic (exact) mass is 234 g/mol. The molecule has 0 aromatic carbocycles. The third kappa shape index (κ3) is 13.1. The van der Waals surface area contributed by atoms with E-state index in [4.69, 9.17) is 14.6 Å².